The summed E-state index contributed by atoms with van der Waals surface area (Å²) in [6.07, 6.45) is 10.00. The van der Waals surface area contributed by atoms with Crippen molar-refractivity contribution in [3.63, 3.8) is 0 Å². The Morgan fingerprint density at radius 2 is 1.91 bits per heavy atom. The zero-order valence-corrected chi connectivity index (χ0v) is 13.9. The molecular weight excluding hydrogens is 276 g/mol. The Morgan fingerprint density at radius 3 is 2.55 bits per heavy atom. The molecule has 0 N–H and O–H groups in total. The van der Waals surface area contributed by atoms with Crippen molar-refractivity contribution in [3.05, 3.63) is 23.8 Å². The van der Waals surface area contributed by atoms with Gasteiger partial charge >= 0.3 is 0 Å². The van der Waals surface area contributed by atoms with E-state index in [0.717, 1.165) is 31.8 Å². The molecule has 2 saturated heterocycles. The van der Waals surface area contributed by atoms with Crippen molar-refractivity contribution in [2.75, 3.05) is 33.8 Å². The summed E-state index contributed by atoms with van der Waals surface area (Å²) < 4.78 is 5.75. The average Bonchev–Trinajstić information content (AvgIpc) is 2.57. The number of hydrogen-bond acceptors (Lipinski definition) is 5. The Kier molecular flexibility index (Phi) is 5.39. The molecule has 0 saturated carbocycles. The molecule has 1 atom stereocenters. The molecule has 0 aromatic carbocycles. The Balaban J connectivity index is 1.54. The molecule has 0 unspecified atom stereocenters. The molecule has 2 aliphatic heterocycles. The van der Waals surface area contributed by atoms with E-state index in [4.69, 9.17) is 4.74 Å². The lowest BCUT2D eigenvalue weighted by Crippen LogP contribution is -2.41. The summed E-state index contributed by atoms with van der Waals surface area (Å²) in [4.78, 5) is 13.9. The third-order valence-electron chi connectivity index (χ3n) is 4.94. The number of ether oxygens (including phenoxy) is 1. The summed E-state index contributed by atoms with van der Waals surface area (Å²) in [7, 11) is 4.42. The van der Waals surface area contributed by atoms with Gasteiger partial charge in [0.25, 0.3) is 0 Å². The maximum atomic E-state index is 5.75. The third kappa shape index (κ3) is 4.03. The normalized spacial score (nSPS) is 24.8. The first-order chi connectivity index (χ1) is 10.7. The van der Waals surface area contributed by atoms with Crippen LogP contribution in [0.1, 0.15) is 49.6 Å². The minimum absolute atomic E-state index is 0.106. The van der Waals surface area contributed by atoms with E-state index >= 15 is 0 Å². The largest absolute Gasteiger partial charge is 0.370 e. The van der Waals surface area contributed by atoms with Gasteiger partial charge in [0.2, 0.25) is 0 Å². The lowest BCUT2D eigenvalue weighted by atomic mass is 10.0. The Hall–Kier alpha value is -1.04. The highest BCUT2D eigenvalue weighted by atomic mass is 16.5. The number of piperidine rings is 1. The topological polar surface area (TPSA) is 41.5 Å². The second-order valence-corrected chi connectivity index (χ2v) is 6.75. The Morgan fingerprint density at radius 1 is 1.18 bits per heavy atom. The molecule has 3 rings (SSSR count). The maximum absolute atomic E-state index is 5.75. The van der Waals surface area contributed by atoms with E-state index in [9.17, 15) is 0 Å². The second-order valence-electron chi connectivity index (χ2n) is 6.75. The summed E-state index contributed by atoms with van der Waals surface area (Å²) in [6, 6.07) is 0.678. The average molecular weight is 304 g/mol. The van der Waals surface area contributed by atoms with Gasteiger partial charge < -0.3 is 9.64 Å². The van der Waals surface area contributed by atoms with Gasteiger partial charge in [0.15, 0.2) is 5.82 Å². The maximum Gasteiger partial charge on any atom is 0.157 e. The number of hydrogen-bond donors (Lipinski definition) is 0. The molecule has 1 aromatic rings. The predicted octanol–water partition coefficient (Wildman–Crippen LogP) is 2.24. The Bertz CT molecular complexity index is 450. The van der Waals surface area contributed by atoms with E-state index in [0.29, 0.717) is 6.04 Å². The molecule has 0 amide bonds. The molecule has 0 spiro atoms. The highest BCUT2D eigenvalue weighted by Crippen LogP contribution is 2.25. The molecule has 0 radical (unpaired) electrons. The molecule has 22 heavy (non-hydrogen) atoms. The molecule has 3 heterocycles. The van der Waals surface area contributed by atoms with Crippen LogP contribution in [0.25, 0.3) is 0 Å². The van der Waals surface area contributed by atoms with Crippen LogP contribution in [0.2, 0.25) is 0 Å². The fourth-order valence-corrected chi connectivity index (χ4v) is 3.41. The standard InChI is InChI=1S/C17H28N4O/c1-20-8-6-15(7-9-20)21(2)13-14-11-18-17(19-12-14)16-5-3-4-10-22-16/h11-12,15-16H,3-10,13H2,1-2H3/t16-/m0/s1. The molecule has 1 aromatic heterocycles. The van der Waals surface area contributed by atoms with Crippen LogP contribution in [-0.2, 0) is 11.3 Å². The van der Waals surface area contributed by atoms with Gasteiger partial charge in [-0.25, -0.2) is 9.97 Å². The van der Waals surface area contributed by atoms with Crippen LogP contribution in [0.3, 0.4) is 0 Å². The van der Waals surface area contributed by atoms with E-state index in [1.54, 1.807) is 0 Å². The van der Waals surface area contributed by atoms with Crippen LogP contribution in [0, 0.1) is 0 Å². The SMILES string of the molecule is CN1CCC(N(C)Cc2cnc([C@@H]3CCCCO3)nc2)CC1. The van der Waals surface area contributed by atoms with Crippen molar-refractivity contribution in [1.82, 2.24) is 19.8 Å². The number of likely N-dealkylation sites (tertiary alicyclic amines) is 1. The summed E-state index contributed by atoms with van der Waals surface area (Å²) in [6.45, 7) is 4.17. The fraction of sp³-hybridized carbons (Fsp3) is 0.765. The van der Waals surface area contributed by atoms with E-state index < -0.39 is 0 Å². The van der Waals surface area contributed by atoms with E-state index in [1.165, 1.54) is 37.9 Å². The lowest BCUT2D eigenvalue weighted by Gasteiger charge is -2.35. The van der Waals surface area contributed by atoms with E-state index in [-0.39, 0.29) is 6.10 Å². The lowest BCUT2D eigenvalue weighted by molar-refractivity contribution is 0.00937. The smallest absolute Gasteiger partial charge is 0.157 e. The zero-order chi connectivity index (χ0) is 15.4. The van der Waals surface area contributed by atoms with Crippen LogP contribution in [0.15, 0.2) is 12.4 Å². The van der Waals surface area contributed by atoms with Crippen LogP contribution >= 0.6 is 0 Å². The first kappa shape index (κ1) is 15.8. The molecule has 5 heteroatoms. The summed E-state index contributed by atoms with van der Waals surface area (Å²) >= 11 is 0. The van der Waals surface area contributed by atoms with Crippen molar-refractivity contribution in [2.24, 2.45) is 0 Å². The minimum Gasteiger partial charge on any atom is -0.370 e. The summed E-state index contributed by atoms with van der Waals surface area (Å²) in [5, 5.41) is 0. The van der Waals surface area contributed by atoms with Crippen molar-refractivity contribution < 1.29 is 4.74 Å². The monoisotopic (exact) mass is 304 g/mol. The predicted molar refractivity (Wildman–Crippen MR) is 86.6 cm³/mol. The number of aromatic nitrogens is 2. The van der Waals surface area contributed by atoms with Crippen molar-refractivity contribution in [1.29, 1.82) is 0 Å². The van der Waals surface area contributed by atoms with Crippen molar-refractivity contribution in [2.45, 2.75) is 50.8 Å². The van der Waals surface area contributed by atoms with Gasteiger partial charge in [-0.15, -0.1) is 0 Å². The fourth-order valence-electron chi connectivity index (χ4n) is 3.41. The van der Waals surface area contributed by atoms with Crippen LogP contribution < -0.4 is 0 Å². The van der Waals surface area contributed by atoms with Gasteiger partial charge in [-0.2, -0.15) is 0 Å². The van der Waals surface area contributed by atoms with E-state index in [1.807, 2.05) is 12.4 Å². The molecular formula is C17H28N4O. The second kappa shape index (κ2) is 7.49. The van der Waals surface area contributed by atoms with Crippen LogP contribution in [0.4, 0.5) is 0 Å². The molecule has 0 aliphatic carbocycles. The van der Waals surface area contributed by atoms with Gasteiger partial charge in [-0.3, -0.25) is 4.90 Å². The molecule has 5 nitrogen and oxygen atoms in total. The van der Waals surface area contributed by atoms with Crippen LogP contribution in [-0.4, -0.2) is 59.6 Å². The van der Waals surface area contributed by atoms with Gasteiger partial charge in [0.1, 0.15) is 6.10 Å². The quantitative estimate of drug-likeness (QED) is 0.853. The van der Waals surface area contributed by atoms with Crippen LogP contribution in [0.5, 0.6) is 0 Å². The van der Waals surface area contributed by atoms with Gasteiger partial charge in [0, 0.05) is 37.2 Å². The highest BCUT2D eigenvalue weighted by Gasteiger charge is 2.21. The number of rotatable bonds is 4. The molecule has 2 fully saturated rings. The molecule has 2 aliphatic rings. The third-order valence-corrected chi connectivity index (χ3v) is 4.94. The number of nitrogens with zero attached hydrogens (tertiary/aromatic N) is 4. The first-order valence-corrected chi connectivity index (χ1v) is 8.53. The highest BCUT2D eigenvalue weighted by molar-refractivity contribution is 5.07. The van der Waals surface area contributed by atoms with Crippen molar-refractivity contribution in [3.8, 4) is 0 Å². The van der Waals surface area contributed by atoms with Crippen molar-refractivity contribution >= 4 is 0 Å². The summed E-state index contributed by atoms with van der Waals surface area (Å²) in [5.74, 6) is 0.852. The molecule has 122 valence electrons. The van der Waals surface area contributed by atoms with Gasteiger partial charge in [-0.05, 0) is 59.3 Å². The van der Waals surface area contributed by atoms with E-state index in [2.05, 4.69) is 33.9 Å². The molecule has 0 bridgehead atoms. The zero-order valence-electron chi connectivity index (χ0n) is 13.9. The summed E-state index contributed by atoms with van der Waals surface area (Å²) in [5.41, 5.74) is 1.20. The Labute approximate surface area is 133 Å². The van der Waals surface area contributed by atoms with Gasteiger partial charge in [-0.1, -0.05) is 0 Å². The van der Waals surface area contributed by atoms with Gasteiger partial charge in [0.05, 0.1) is 0 Å². The minimum atomic E-state index is 0.106. The first-order valence-electron chi connectivity index (χ1n) is 8.53.